The third kappa shape index (κ3) is 3.09. The Kier molecular flexibility index (Phi) is 4.66. The molecule has 0 atom stereocenters. The van der Waals surface area contributed by atoms with Crippen LogP contribution in [-0.2, 0) is 11.8 Å². The van der Waals surface area contributed by atoms with Crippen LogP contribution in [0.5, 0.6) is 0 Å². The quantitative estimate of drug-likeness (QED) is 0.279. The van der Waals surface area contributed by atoms with E-state index in [0.29, 0.717) is 21.7 Å². The summed E-state index contributed by atoms with van der Waals surface area (Å²) in [6, 6.07) is 13.3. The molecule has 0 aliphatic carbocycles. The van der Waals surface area contributed by atoms with Crippen LogP contribution in [0.2, 0.25) is 0 Å². The molecule has 0 spiro atoms. The highest BCUT2D eigenvalue weighted by molar-refractivity contribution is 8.21. The van der Waals surface area contributed by atoms with Crippen molar-refractivity contribution in [1.29, 1.82) is 0 Å². The summed E-state index contributed by atoms with van der Waals surface area (Å²) in [5, 5.41) is 1.39. The van der Waals surface area contributed by atoms with Crippen molar-refractivity contribution < 1.29 is 9.59 Å². The molecular formula is C14H10N3O2PS. The van der Waals surface area contributed by atoms with Gasteiger partial charge in [0.15, 0.2) is 0 Å². The summed E-state index contributed by atoms with van der Waals surface area (Å²) >= 11 is 5.61. The summed E-state index contributed by atoms with van der Waals surface area (Å²) in [4.78, 5) is 28.1. The molecule has 0 heterocycles. The van der Waals surface area contributed by atoms with Crippen LogP contribution >= 0.6 is 6.19 Å². The zero-order valence-corrected chi connectivity index (χ0v) is 12.5. The normalized spacial score (nSPS) is 10.5. The van der Waals surface area contributed by atoms with E-state index in [1.54, 1.807) is 48.5 Å². The molecule has 104 valence electrons. The number of aldehydes is 2. The Morgan fingerprint density at radius 2 is 1.29 bits per heavy atom. The average Bonchev–Trinajstić information content (AvgIpc) is 2.55. The third-order valence-corrected chi connectivity index (χ3v) is 6.74. The van der Waals surface area contributed by atoms with Crippen LogP contribution in [0, 0.1) is 0 Å². The van der Waals surface area contributed by atoms with Gasteiger partial charge in [-0.1, -0.05) is 65.2 Å². The minimum absolute atomic E-state index is 0.526. The van der Waals surface area contributed by atoms with E-state index in [0.717, 1.165) is 12.6 Å². The van der Waals surface area contributed by atoms with Crippen LogP contribution in [0.3, 0.4) is 0 Å². The molecule has 0 fully saturated rings. The highest BCUT2D eigenvalue weighted by Gasteiger charge is 2.20. The van der Waals surface area contributed by atoms with Crippen molar-refractivity contribution in [3.63, 3.8) is 0 Å². The first-order chi connectivity index (χ1) is 10.1. The Morgan fingerprint density at radius 3 is 1.57 bits per heavy atom. The summed E-state index contributed by atoms with van der Waals surface area (Å²) in [6.45, 7) is 0. The predicted molar refractivity (Wildman–Crippen MR) is 86.4 cm³/mol. The molecule has 0 bridgehead atoms. The van der Waals surface area contributed by atoms with Crippen molar-refractivity contribution in [2.75, 3.05) is 0 Å². The van der Waals surface area contributed by atoms with E-state index in [1.807, 2.05) is 0 Å². The molecule has 0 unspecified atom stereocenters. The molecule has 2 aromatic carbocycles. The van der Waals surface area contributed by atoms with Gasteiger partial charge in [-0.3, -0.25) is 9.59 Å². The number of hydrogen-bond donors (Lipinski definition) is 0. The summed E-state index contributed by atoms with van der Waals surface area (Å²) in [6.07, 6.45) is -1.20. The fraction of sp³-hybridized carbons (Fsp3) is 0. The van der Waals surface area contributed by atoms with E-state index >= 15 is 0 Å². The molecule has 21 heavy (non-hydrogen) atoms. The van der Waals surface area contributed by atoms with Gasteiger partial charge in [-0.25, -0.2) is 0 Å². The minimum atomic E-state index is -2.67. The van der Waals surface area contributed by atoms with Crippen LogP contribution in [0.1, 0.15) is 20.7 Å². The van der Waals surface area contributed by atoms with E-state index in [4.69, 9.17) is 17.3 Å². The number of carbonyl (C=O) groups excluding carboxylic acids is 2. The number of hydrogen-bond acceptors (Lipinski definition) is 3. The van der Waals surface area contributed by atoms with E-state index in [9.17, 15) is 9.59 Å². The molecule has 0 radical (unpaired) electrons. The van der Waals surface area contributed by atoms with Crippen LogP contribution < -0.4 is 10.6 Å². The molecule has 7 heteroatoms. The molecular weight excluding hydrogens is 305 g/mol. The Bertz CT molecular complexity index is 710. The van der Waals surface area contributed by atoms with Crippen LogP contribution in [0.25, 0.3) is 10.4 Å². The largest absolute Gasteiger partial charge is 0.298 e. The molecule has 0 N–H and O–H groups in total. The zero-order chi connectivity index (χ0) is 15.3. The van der Waals surface area contributed by atoms with Crippen LogP contribution in [0.4, 0.5) is 0 Å². The average molecular weight is 315 g/mol. The van der Waals surface area contributed by atoms with E-state index < -0.39 is 6.19 Å². The lowest BCUT2D eigenvalue weighted by Gasteiger charge is -2.17. The number of carbonyl (C=O) groups is 2. The number of rotatable bonds is 5. The molecule has 2 aromatic rings. The summed E-state index contributed by atoms with van der Waals surface area (Å²) in [5.74, 6) is 0. The van der Waals surface area contributed by atoms with Gasteiger partial charge < -0.3 is 0 Å². The van der Waals surface area contributed by atoms with Gasteiger partial charge in [-0.05, 0) is 16.1 Å². The third-order valence-electron chi connectivity index (χ3n) is 2.92. The van der Waals surface area contributed by atoms with Crippen LogP contribution in [-0.4, -0.2) is 12.6 Å². The Morgan fingerprint density at radius 1 is 0.905 bits per heavy atom. The van der Waals surface area contributed by atoms with Crippen molar-refractivity contribution in [2.45, 2.75) is 0 Å². The molecule has 0 aromatic heterocycles. The van der Waals surface area contributed by atoms with E-state index in [1.165, 1.54) is 0 Å². The number of nitrogens with zero attached hydrogens (tertiary/aromatic N) is 3. The van der Waals surface area contributed by atoms with Gasteiger partial charge in [0.1, 0.15) is 12.6 Å². The standard InChI is InChI=1S/C14H10N3O2PS/c15-16-17-20(21,13-5-1-11(9-18)2-6-13)14-7-3-12(10-19)4-8-14/h1-10H. The Hall–Kier alpha value is -2.26. The van der Waals surface area contributed by atoms with Crippen LogP contribution in [0.15, 0.2) is 53.4 Å². The highest BCUT2D eigenvalue weighted by Crippen LogP contribution is 2.45. The fourth-order valence-electron chi connectivity index (χ4n) is 1.82. The van der Waals surface area contributed by atoms with Gasteiger partial charge in [0.25, 0.3) is 0 Å². The number of benzene rings is 2. The molecule has 0 saturated carbocycles. The van der Waals surface area contributed by atoms with Gasteiger partial charge >= 0.3 is 0 Å². The lowest BCUT2D eigenvalue weighted by atomic mass is 10.2. The van der Waals surface area contributed by atoms with Crippen molar-refractivity contribution in [3.05, 3.63) is 70.1 Å². The molecule has 0 saturated heterocycles. The maximum Gasteiger partial charge on any atom is 0.150 e. The van der Waals surface area contributed by atoms with E-state index in [-0.39, 0.29) is 0 Å². The van der Waals surface area contributed by atoms with Gasteiger partial charge in [-0.15, -0.1) is 0 Å². The van der Waals surface area contributed by atoms with Gasteiger partial charge in [0.2, 0.25) is 0 Å². The first-order valence-corrected chi connectivity index (χ1v) is 8.68. The molecule has 5 nitrogen and oxygen atoms in total. The van der Waals surface area contributed by atoms with Gasteiger partial charge in [-0.2, -0.15) is 0 Å². The summed E-state index contributed by atoms with van der Waals surface area (Å²) < 4.78 is 0. The fourth-order valence-corrected chi connectivity index (χ4v) is 4.37. The maximum absolute atomic E-state index is 10.7. The SMILES string of the molecule is [N-]=[N+]=NP(=S)(c1ccc(C=O)cc1)c1ccc(C=O)cc1. The predicted octanol–water partition coefficient (Wildman–Crippen LogP) is 2.97. The van der Waals surface area contributed by atoms with Crippen molar-refractivity contribution >= 4 is 41.2 Å². The van der Waals surface area contributed by atoms with E-state index in [2.05, 4.69) is 9.80 Å². The smallest absolute Gasteiger partial charge is 0.150 e. The second-order valence-corrected chi connectivity index (χ2v) is 8.12. The van der Waals surface area contributed by atoms with Crippen molar-refractivity contribution in [2.24, 2.45) is 4.88 Å². The lowest BCUT2D eigenvalue weighted by Crippen LogP contribution is -2.14. The monoisotopic (exact) mass is 315 g/mol. The highest BCUT2D eigenvalue weighted by atomic mass is 32.4. The number of azide groups is 1. The molecule has 0 aliphatic heterocycles. The Labute approximate surface area is 126 Å². The second kappa shape index (κ2) is 6.46. The first-order valence-electron chi connectivity index (χ1n) is 5.92. The summed E-state index contributed by atoms with van der Waals surface area (Å²) in [7, 11) is 0. The van der Waals surface area contributed by atoms with Gasteiger partial charge in [0.05, 0.1) is 6.19 Å². The summed E-state index contributed by atoms with van der Waals surface area (Å²) in [5.41, 5.74) is 9.88. The lowest BCUT2D eigenvalue weighted by molar-refractivity contribution is 0.111. The first kappa shape index (κ1) is 15.1. The molecule has 0 aliphatic rings. The maximum atomic E-state index is 10.7. The van der Waals surface area contributed by atoms with Gasteiger partial charge in [0, 0.05) is 16.0 Å². The Balaban J connectivity index is 2.57. The van der Waals surface area contributed by atoms with Crippen molar-refractivity contribution in [3.8, 4) is 0 Å². The zero-order valence-electron chi connectivity index (χ0n) is 10.8. The molecule has 0 amide bonds. The minimum Gasteiger partial charge on any atom is -0.298 e. The van der Waals surface area contributed by atoms with Crippen molar-refractivity contribution in [1.82, 2.24) is 0 Å². The molecule has 2 rings (SSSR count). The topological polar surface area (TPSA) is 82.9 Å². The second-order valence-electron chi connectivity index (χ2n) is 4.17.